The summed E-state index contributed by atoms with van der Waals surface area (Å²) in [6.07, 6.45) is 5.43. The monoisotopic (exact) mass is 279 g/mol. The van der Waals surface area contributed by atoms with Crippen molar-refractivity contribution >= 4 is 5.91 Å². The summed E-state index contributed by atoms with van der Waals surface area (Å²) in [6, 6.07) is -0.452. The molecule has 2 atom stereocenters. The first kappa shape index (κ1) is 15.0. The van der Waals surface area contributed by atoms with Gasteiger partial charge < -0.3 is 15.6 Å². The van der Waals surface area contributed by atoms with Crippen molar-refractivity contribution in [2.45, 2.75) is 65.1 Å². The lowest BCUT2D eigenvalue weighted by Gasteiger charge is -2.17. The van der Waals surface area contributed by atoms with Gasteiger partial charge in [0, 0.05) is 13.0 Å². The van der Waals surface area contributed by atoms with Gasteiger partial charge >= 0.3 is 0 Å². The van der Waals surface area contributed by atoms with Crippen molar-refractivity contribution in [3.05, 3.63) is 11.6 Å². The number of fused-ring (bicyclic) bond motifs is 1. The van der Waals surface area contributed by atoms with Crippen LogP contribution in [0.1, 0.15) is 51.2 Å². The zero-order valence-electron chi connectivity index (χ0n) is 12.4. The highest BCUT2D eigenvalue weighted by molar-refractivity contribution is 5.81. The normalized spacial score (nSPS) is 17.9. The third kappa shape index (κ3) is 3.36. The Hall–Kier alpha value is -1.43. The SMILES string of the molecule is CCC(C)C(N)C(=O)NCc1nnc2n1CCCCC2. The standard InChI is InChI=1S/C14H25N5O/c1-3-10(2)13(15)14(20)16-9-12-18-17-11-7-5-4-6-8-19(11)12/h10,13H,3-9,15H2,1-2H3,(H,16,20). The van der Waals surface area contributed by atoms with Gasteiger partial charge in [-0.1, -0.05) is 26.7 Å². The molecule has 0 aliphatic carbocycles. The van der Waals surface area contributed by atoms with Gasteiger partial charge in [-0.2, -0.15) is 0 Å². The quantitative estimate of drug-likeness (QED) is 0.841. The third-order valence-electron chi connectivity index (χ3n) is 4.17. The number of carbonyl (C=O) groups excluding carboxylic acids is 1. The van der Waals surface area contributed by atoms with E-state index in [2.05, 4.69) is 20.1 Å². The van der Waals surface area contributed by atoms with E-state index in [0.717, 1.165) is 37.5 Å². The van der Waals surface area contributed by atoms with Crippen molar-refractivity contribution < 1.29 is 4.79 Å². The van der Waals surface area contributed by atoms with Gasteiger partial charge in [-0.05, 0) is 18.8 Å². The van der Waals surface area contributed by atoms with Crippen molar-refractivity contribution in [3.8, 4) is 0 Å². The molecule has 0 saturated carbocycles. The van der Waals surface area contributed by atoms with Crippen LogP contribution < -0.4 is 11.1 Å². The summed E-state index contributed by atoms with van der Waals surface area (Å²) in [6.45, 7) is 5.39. The number of hydrogen-bond donors (Lipinski definition) is 2. The summed E-state index contributed by atoms with van der Waals surface area (Å²) in [5, 5.41) is 11.3. The van der Waals surface area contributed by atoms with Crippen molar-refractivity contribution in [1.82, 2.24) is 20.1 Å². The topological polar surface area (TPSA) is 85.8 Å². The smallest absolute Gasteiger partial charge is 0.237 e. The van der Waals surface area contributed by atoms with Crippen molar-refractivity contribution in [2.24, 2.45) is 11.7 Å². The van der Waals surface area contributed by atoms with Crippen LogP contribution in [0.15, 0.2) is 0 Å². The number of nitrogens with two attached hydrogens (primary N) is 1. The van der Waals surface area contributed by atoms with Crippen LogP contribution in [0.3, 0.4) is 0 Å². The van der Waals surface area contributed by atoms with Crippen LogP contribution in [0.5, 0.6) is 0 Å². The number of aromatic nitrogens is 3. The number of carbonyl (C=O) groups is 1. The highest BCUT2D eigenvalue weighted by Gasteiger charge is 2.20. The van der Waals surface area contributed by atoms with E-state index in [1.165, 1.54) is 12.8 Å². The molecule has 3 N–H and O–H groups in total. The fourth-order valence-corrected chi connectivity index (χ4v) is 2.47. The molecule has 1 aromatic rings. The molecule has 0 fully saturated rings. The molecule has 6 nitrogen and oxygen atoms in total. The average molecular weight is 279 g/mol. The van der Waals surface area contributed by atoms with Gasteiger partial charge in [-0.15, -0.1) is 10.2 Å². The van der Waals surface area contributed by atoms with Crippen LogP contribution in [0.4, 0.5) is 0 Å². The molecule has 2 heterocycles. The summed E-state index contributed by atoms with van der Waals surface area (Å²) in [7, 11) is 0. The molecular formula is C14H25N5O. The van der Waals surface area contributed by atoms with Crippen LogP contribution in [0.2, 0.25) is 0 Å². The summed E-state index contributed by atoms with van der Waals surface area (Å²) < 4.78 is 2.14. The molecule has 0 aromatic carbocycles. The molecule has 1 aliphatic heterocycles. The van der Waals surface area contributed by atoms with E-state index in [9.17, 15) is 4.79 Å². The number of nitrogens with zero attached hydrogens (tertiary/aromatic N) is 3. The highest BCUT2D eigenvalue weighted by Crippen LogP contribution is 2.14. The van der Waals surface area contributed by atoms with Gasteiger partial charge in [-0.3, -0.25) is 4.79 Å². The predicted molar refractivity (Wildman–Crippen MR) is 76.9 cm³/mol. The van der Waals surface area contributed by atoms with Crippen molar-refractivity contribution in [2.75, 3.05) is 0 Å². The van der Waals surface area contributed by atoms with Crippen LogP contribution in [0.25, 0.3) is 0 Å². The van der Waals surface area contributed by atoms with Crippen LogP contribution in [-0.4, -0.2) is 26.7 Å². The largest absolute Gasteiger partial charge is 0.347 e. The number of amides is 1. The second-order valence-corrected chi connectivity index (χ2v) is 5.62. The Balaban J connectivity index is 1.94. The minimum atomic E-state index is -0.452. The molecule has 6 heteroatoms. The van der Waals surface area contributed by atoms with E-state index in [0.29, 0.717) is 6.54 Å². The first-order valence-corrected chi connectivity index (χ1v) is 7.57. The Morgan fingerprint density at radius 2 is 2.20 bits per heavy atom. The molecular weight excluding hydrogens is 254 g/mol. The van der Waals surface area contributed by atoms with Crippen LogP contribution in [0, 0.1) is 5.92 Å². The first-order chi connectivity index (χ1) is 9.63. The van der Waals surface area contributed by atoms with E-state index in [-0.39, 0.29) is 11.8 Å². The molecule has 0 saturated heterocycles. The molecule has 112 valence electrons. The molecule has 1 amide bonds. The van der Waals surface area contributed by atoms with E-state index in [4.69, 9.17) is 5.73 Å². The molecule has 20 heavy (non-hydrogen) atoms. The zero-order chi connectivity index (χ0) is 14.5. The number of hydrogen-bond acceptors (Lipinski definition) is 4. The Bertz CT molecular complexity index is 456. The third-order valence-corrected chi connectivity index (χ3v) is 4.17. The molecule has 0 spiro atoms. The zero-order valence-corrected chi connectivity index (χ0v) is 12.4. The fraction of sp³-hybridized carbons (Fsp3) is 0.786. The van der Waals surface area contributed by atoms with Crippen LogP contribution in [-0.2, 0) is 24.3 Å². The summed E-state index contributed by atoms with van der Waals surface area (Å²) in [5.41, 5.74) is 5.92. The minimum absolute atomic E-state index is 0.106. The van der Waals surface area contributed by atoms with Gasteiger partial charge in [0.2, 0.25) is 5.91 Å². The van der Waals surface area contributed by atoms with Gasteiger partial charge in [0.1, 0.15) is 5.82 Å². The molecule has 2 rings (SSSR count). The predicted octanol–water partition coefficient (Wildman–Crippen LogP) is 0.994. The van der Waals surface area contributed by atoms with Crippen molar-refractivity contribution in [3.63, 3.8) is 0 Å². The Morgan fingerprint density at radius 3 is 2.95 bits per heavy atom. The summed E-state index contributed by atoms with van der Waals surface area (Å²) >= 11 is 0. The fourth-order valence-electron chi connectivity index (χ4n) is 2.47. The average Bonchev–Trinajstić information content (AvgIpc) is 2.70. The minimum Gasteiger partial charge on any atom is -0.347 e. The van der Waals surface area contributed by atoms with Gasteiger partial charge in [0.25, 0.3) is 0 Å². The lowest BCUT2D eigenvalue weighted by atomic mass is 9.99. The Labute approximate surface area is 120 Å². The van der Waals surface area contributed by atoms with Gasteiger partial charge in [-0.25, -0.2) is 0 Å². The Kier molecular flexibility index (Phi) is 5.11. The van der Waals surface area contributed by atoms with Crippen LogP contribution >= 0.6 is 0 Å². The lowest BCUT2D eigenvalue weighted by molar-refractivity contribution is -0.123. The Morgan fingerprint density at radius 1 is 1.40 bits per heavy atom. The molecule has 0 radical (unpaired) electrons. The van der Waals surface area contributed by atoms with Gasteiger partial charge in [0.15, 0.2) is 5.82 Å². The maximum atomic E-state index is 12.0. The highest BCUT2D eigenvalue weighted by atomic mass is 16.2. The first-order valence-electron chi connectivity index (χ1n) is 7.57. The maximum Gasteiger partial charge on any atom is 0.237 e. The van der Waals surface area contributed by atoms with E-state index in [1.807, 2.05) is 13.8 Å². The molecule has 0 bridgehead atoms. The van der Waals surface area contributed by atoms with Gasteiger partial charge in [0.05, 0.1) is 12.6 Å². The second-order valence-electron chi connectivity index (χ2n) is 5.62. The van der Waals surface area contributed by atoms with Crippen molar-refractivity contribution in [1.29, 1.82) is 0 Å². The summed E-state index contributed by atoms with van der Waals surface area (Å²) in [4.78, 5) is 12.0. The van der Waals surface area contributed by atoms with E-state index >= 15 is 0 Å². The maximum absolute atomic E-state index is 12.0. The molecule has 1 aliphatic rings. The van der Waals surface area contributed by atoms with E-state index in [1.54, 1.807) is 0 Å². The lowest BCUT2D eigenvalue weighted by Crippen LogP contribution is -2.44. The second kappa shape index (κ2) is 6.83. The number of nitrogens with one attached hydrogen (secondary N) is 1. The summed E-state index contributed by atoms with van der Waals surface area (Å²) in [5.74, 6) is 1.96. The number of rotatable bonds is 5. The van der Waals surface area contributed by atoms with E-state index < -0.39 is 6.04 Å². The molecule has 1 aromatic heterocycles. The number of aryl methyl sites for hydroxylation is 1. The molecule has 2 unspecified atom stereocenters.